The Morgan fingerprint density at radius 2 is 2.54 bits per heavy atom. The molecule has 0 saturated carbocycles. The number of aromatic nitrogens is 2. The topological polar surface area (TPSA) is 55.1 Å². The summed E-state index contributed by atoms with van der Waals surface area (Å²) >= 11 is 1.46. The summed E-state index contributed by atoms with van der Waals surface area (Å²) in [6.45, 7) is 1.69. The standard InChI is InChI=1S/C8H12N2O2S/c1-6(7(11)12)5-13-8-9-3-4-10(8)2/h3-4,6H,5H2,1-2H3,(H,11,12). The van der Waals surface area contributed by atoms with E-state index in [1.165, 1.54) is 11.8 Å². The fourth-order valence-corrected chi connectivity index (χ4v) is 1.70. The van der Waals surface area contributed by atoms with E-state index in [0.717, 1.165) is 5.16 Å². The van der Waals surface area contributed by atoms with Crippen LogP contribution in [0.5, 0.6) is 0 Å². The minimum atomic E-state index is -0.762. The van der Waals surface area contributed by atoms with Gasteiger partial charge in [-0.1, -0.05) is 18.7 Å². The number of hydrogen-bond acceptors (Lipinski definition) is 3. The molecule has 72 valence electrons. The predicted molar refractivity (Wildman–Crippen MR) is 50.7 cm³/mol. The molecular weight excluding hydrogens is 188 g/mol. The van der Waals surface area contributed by atoms with Crippen LogP contribution in [0.15, 0.2) is 17.6 Å². The number of carboxylic acids is 1. The predicted octanol–water partition coefficient (Wildman–Crippen LogP) is 1.23. The second kappa shape index (κ2) is 4.32. The maximum absolute atomic E-state index is 10.5. The molecule has 0 fully saturated rings. The van der Waals surface area contributed by atoms with Crippen molar-refractivity contribution in [2.75, 3.05) is 5.75 Å². The summed E-state index contributed by atoms with van der Waals surface area (Å²) < 4.78 is 1.87. The number of nitrogens with zero attached hydrogens (tertiary/aromatic N) is 2. The SMILES string of the molecule is CC(CSc1nccn1C)C(=O)O. The fourth-order valence-electron chi connectivity index (χ4n) is 0.762. The normalized spacial score (nSPS) is 12.8. The van der Waals surface area contributed by atoms with E-state index in [2.05, 4.69) is 4.98 Å². The molecule has 0 amide bonds. The molecule has 0 radical (unpaired) electrons. The van der Waals surface area contributed by atoms with Crippen molar-refractivity contribution in [3.8, 4) is 0 Å². The van der Waals surface area contributed by atoms with Crippen LogP contribution in [0.3, 0.4) is 0 Å². The van der Waals surface area contributed by atoms with Gasteiger partial charge in [-0.05, 0) is 0 Å². The molecule has 0 aromatic carbocycles. The lowest BCUT2D eigenvalue weighted by molar-refractivity contribution is -0.140. The lowest BCUT2D eigenvalue weighted by atomic mass is 10.2. The largest absolute Gasteiger partial charge is 0.481 e. The monoisotopic (exact) mass is 200 g/mol. The van der Waals surface area contributed by atoms with E-state index in [0.29, 0.717) is 5.75 Å². The summed E-state index contributed by atoms with van der Waals surface area (Å²) in [5.41, 5.74) is 0. The molecule has 13 heavy (non-hydrogen) atoms. The van der Waals surface area contributed by atoms with Crippen LogP contribution in [0.4, 0.5) is 0 Å². The Morgan fingerprint density at radius 1 is 1.85 bits per heavy atom. The van der Waals surface area contributed by atoms with Crippen molar-refractivity contribution in [1.29, 1.82) is 0 Å². The average molecular weight is 200 g/mol. The Bertz CT molecular complexity index is 298. The van der Waals surface area contributed by atoms with Crippen molar-refractivity contribution in [3.63, 3.8) is 0 Å². The third-order valence-corrected chi connectivity index (χ3v) is 2.98. The zero-order valence-electron chi connectivity index (χ0n) is 7.60. The molecule has 0 aliphatic rings. The highest BCUT2D eigenvalue weighted by Gasteiger charge is 2.12. The van der Waals surface area contributed by atoms with Crippen molar-refractivity contribution in [2.24, 2.45) is 13.0 Å². The first-order valence-corrected chi connectivity index (χ1v) is 4.92. The van der Waals surface area contributed by atoms with Gasteiger partial charge in [-0.25, -0.2) is 4.98 Å². The van der Waals surface area contributed by atoms with Gasteiger partial charge < -0.3 is 9.67 Å². The first kappa shape index (κ1) is 10.1. The molecular formula is C8H12N2O2S. The zero-order chi connectivity index (χ0) is 9.84. The van der Waals surface area contributed by atoms with Gasteiger partial charge in [0.15, 0.2) is 5.16 Å². The molecule has 1 aromatic rings. The Kier molecular flexibility index (Phi) is 3.36. The lowest BCUT2D eigenvalue weighted by Crippen LogP contribution is -2.12. The van der Waals surface area contributed by atoms with Crippen molar-refractivity contribution >= 4 is 17.7 Å². The minimum Gasteiger partial charge on any atom is -0.481 e. The molecule has 1 N–H and O–H groups in total. The lowest BCUT2D eigenvalue weighted by Gasteiger charge is -2.04. The van der Waals surface area contributed by atoms with Crippen LogP contribution in [0.2, 0.25) is 0 Å². The molecule has 1 atom stereocenters. The van der Waals surface area contributed by atoms with Gasteiger partial charge in [0, 0.05) is 25.2 Å². The third kappa shape index (κ3) is 2.77. The van der Waals surface area contributed by atoms with Crippen LogP contribution >= 0.6 is 11.8 Å². The second-order valence-electron chi connectivity index (χ2n) is 2.87. The van der Waals surface area contributed by atoms with Crippen molar-refractivity contribution < 1.29 is 9.90 Å². The summed E-state index contributed by atoms with van der Waals surface area (Å²) in [6.07, 6.45) is 3.54. The zero-order valence-corrected chi connectivity index (χ0v) is 8.41. The minimum absolute atomic E-state index is 0.332. The van der Waals surface area contributed by atoms with Crippen LogP contribution in [0.25, 0.3) is 0 Å². The maximum Gasteiger partial charge on any atom is 0.307 e. The molecule has 4 nitrogen and oxygen atoms in total. The van der Waals surface area contributed by atoms with Crippen molar-refractivity contribution in [1.82, 2.24) is 9.55 Å². The van der Waals surface area contributed by atoms with E-state index in [-0.39, 0.29) is 5.92 Å². The summed E-state index contributed by atoms with van der Waals surface area (Å²) in [5.74, 6) is -0.538. The number of aryl methyl sites for hydroxylation is 1. The van der Waals surface area contributed by atoms with Gasteiger partial charge in [0.25, 0.3) is 0 Å². The number of imidazole rings is 1. The Morgan fingerprint density at radius 3 is 3.00 bits per heavy atom. The molecule has 0 saturated heterocycles. The van der Waals surface area contributed by atoms with Crippen molar-refractivity contribution in [2.45, 2.75) is 12.1 Å². The van der Waals surface area contributed by atoms with Gasteiger partial charge in [0.05, 0.1) is 5.92 Å². The maximum atomic E-state index is 10.5. The van der Waals surface area contributed by atoms with Gasteiger partial charge in [0.1, 0.15) is 0 Å². The van der Waals surface area contributed by atoms with E-state index in [9.17, 15) is 4.79 Å². The number of aliphatic carboxylic acids is 1. The van der Waals surface area contributed by atoms with Crippen LogP contribution in [0.1, 0.15) is 6.92 Å². The summed E-state index contributed by atoms with van der Waals surface area (Å²) in [5, 5.41) is 9.49. The number of rotatable bonds is 4. The Balaban J connectivity index is 2.44. The smallest absolute Gasteiger partial charge is 0.307 e. The first-order chi connectivity index (χ1) is 6.11. The van der Waals surface area contributed by atoms with E-state index >= 15 is 0 Å². The number of thioether (sulfide) groups is 1. The van der Waals surface area contributed by atoms with Crippen LogP contribution in [-0.4, -0.2) is 26.4 Å². The number of carboxylic acid groups (broad SMARTS) is 1. The molecule has 0 spiro atoms. The summed E-state index contributed by atoms with van der Waals surface area (Å²) in [7, 11) is 1.89. The van der Waals surface area contributed by atoms with Crippen LogP contribution < -0.4 is 0 Å². The molecule has 0 aliphatic carbocycles. The van der Waals surface area contributed by atoms with E-state index in [1.807, 2.05) is 17.8 Å². The molecule has 0 aliphatic heterocycles. The highest BCUT2D eigenvalue weighted by molar-refractivity contribution is 7.99. The summed E-state index contributed by atoms with van der Waals surface area (Å²) in [6, 6.07) is 0. The summed E-state index contributed by atoms with van der Waals surface area (Å²) in [4.78, 5) is 14.6. The second-order valence-corrected chi connectivity index (χ2v) is 3.86. The molecule has 1 aromatic heterocycles. The van der Waals surface area contributed by atoms with E-state index in [1.54, 1.807) is 13.1 Å². The average Bonchev–Trinajstić information content (AvgIpc) is 2.47. The van der Waals surface area contributed by atoms with Gasteiger partial charge in [-0.2, -0.15) is 0 Å². The number of carbonyl (C=O) groups is 1. The first-order valence-electron chi connectivity index (χ1n) is 3.94. The molecule has 1 rings (SSSR count). The quantitative estimate of drug-likeness (QED) is 0.743. The molecule has 1 heterocycles. The number of hydrogen-bond donors (Lipinski definition) is 1. The third-order valence-electron chi connectivity index (χ3n) is 1.66. The highest BCUT2D eigenvalue weighted by Crippen LogP contribution is 2.17. The Labute approximate surface area is 81.0 Å². The van der Waals surface area contributed by atoms with Crippen LogP contribution in [0, 0.1) is 5.92 Å². The molecule has 1 unspecified atom stereocenters. The molecule has 5 heteroatoms. The van der Waals surface area contributed by atoms with Gasteiger partial charge in [-0.3, -0.25) is 4.79 Å². The van der Waals surface area contributed by atoms with Crippen molar-refractivity contribution in [3.05, 3.63) is 12.4 Å². The van der Waals surface area contributed by atoms with E-state index in [4.69, 9.17) is 5.11 Å². The van der Waals surface area contributed by atoms with Gasteiger partial charge >= 0.3 is 5.97 Å². The van der Waals surface area contributed by atoms with Crippen LogP contribution in [-0.2, 0) is 11.8 Å². The van der Waals surface area contributed by atoms with Gasteiger partial charge in [0.2, 0.25) is 0 Å². The highest BCUT2D eigenvalue weighted by atomic mass is 32.2. The van der Waals surface area contributed by atoms with Gasteiger partial charge in [-0.15, -0.1) is 0 Å². The van der Waals surface area contributed by atoms with E-state index < -0.39 is 5.97 Å². The Hall–Kier alpha value is -0.970. The molecule has 0 bridgehead atoms. The fraction of sp³-hybridized carbons (Fsp3) is 0.500.